The number of hydrogen-bond acceptors (Lipinski definition) is 4. The Morgan fingerprint density at radius 1 is 1.19 bits per heavy atom. The molecule has 0 bridgehead atoms. The monoisotopic (exact) mass is 348 g/mol. The second-order valence-corrected chi connectivity index (χ2v) is 6.43. The maximum atomic E-state index is 12.4. The van der Waals surface area contributed by atoms with E-state index in [0.717, 1.165) is 33.6 Å². The highest BCUT2D eigenvalue weighted by atomic mass is 16.5. The van der Waals surface area contributed by atoms with Gasteiger partial charge >= 0.3 is 0 Å². The lowest BCUT2D eigenvalue weighted by Gasteiger charge is -2.16. The summed E-state index contributed by atoms with van der Waals surface area (Å²) in [4.78, 5) is 21.9. The van der Waals surface area contributed by atoms with Crippen LogP contribution < -0.4 is 10.3 Å². The van der Waals surface area contributed by atoms with Gasteiger partial charge < -0.3 is 14.1 Å². The van der Waals surface area contributed by atoms with Crippen molar-refractivity contribution in [1.29, 1.82) is 0 Å². The quantitative estimate of drug-likeness (QED) is 0.602. The standard InChI is InChI=1S/C20H20N4O2/c1-23(13-16-11-21-19-5-3-4-8-24(16)19)12-15-9-14-10-17(26-2)6-7-18(14)22-20(15)25/h3-11H,12-13H2,1-2H3,(H,22,25). The third kappa shape index (κ3) is 3.07. The number of nitrogens with zero attached hydrogens (tertiary/aromatic N) is 3. The molecule has 132 valence electrons. The van der Waals surface area contributed by atoms with Crippen LogP contribution in [0.25, 0.3) is 16.6 Å². The zero-order valence-electron chi connectivity index (χ0n) is 14.8. The van der Waals surface area contributed by atoms with Gasteiger partial charge in [0.15, 0.2) is 0 Å². The second-order valence-electron chi connectivity index (χ2n) is 6.43. The highest BCUT2D eigenvalue weighted by Gasteiger charge is 2.10. The van der Waals surface area contributed by atoms with Crippen LogP contribution in [0.15, 0.2) is 59.7 Å². The van der Waals surface area contributed by atoms with E-state index in [-0.39, 0.29) is 5.56 Å². The lowest BCUT2D eigenvalue weighted by molar-refractivity contribution is 0.313. The zero-order valence-corrected chi connectivity index (χ0v) is 14.8. The Bertz CT molecular complexity index is 1130. The van der Waals surface area contributed by atoms with Crippen molar-refractivity contribution in [1.82, 2.24) is 19.3 Å². The molecule has 26 heavy (non-hydrogen) atoms. The first-order valence-corrected chi connectivity index (χ1v) is 8.43. The second kappa shape index (κ2) is 6.65. The molecule has 0 atom stereocenters. The van der Waals surface area contributed by atoms with Gasteiger partial charge in [0.05, 0.1) is 19.0 Å². The Labute approximate surface area is 150 Å². The fourth-order valence-corrected chi connectivity index (χ4v) is 3.20. The molecule has 4 aromatic rings. The van der Waals surface area contributed by atoms with Crippen LogP contribution in [0.3, 0.4) is 0 Å². The summed E-state index contributed by atoms with van der Waals surface area (Å²) < 4.78 is 7.33. The van der Waals surface area contributed by atoms with Crippen molar-refractivity contribution in [3.8, 4) is 5.75 Å². The molecule has 6 heteroatoms. The minimum atomic E-state index is -0.0624. The van der Waals surface area contributed by atoms with Crippen LogP contribution in [0, 0.1) is 0 Å². The van der Waals surface area contributed by atoms with Crippen LogP contribution in [-0.2, 0) is 13.1 Å². The van der Waals surface area contributed by atoms with Crippen molar-refractivity contribution in [2.45, 2.75) is 13.1 Å². The number of imidazole rings is 1. The summed E-state index contributed by atoms with van der Waals surface area (Å²) in [5.41, 5.74) is 3.48. The SMILES string of the molecule is COc1ccc2[nH]c(=O)c(CN(C)Cc3cnc4ccccn34)cc2c1. The van der Waals surface area contributed by atoms with E-state index in [0.29, 0.717) is 13.1 Å². The Hall–Kier alpha value is -3.12. The van der Waals surface area contributed by atoms with E-state index in [4.69, 9.17) is 4.74 Å². The number of rotatable bonds is 5. The molecule has 0 unspecified atom stereocenters. The number of ether oxygens (including phenoxy) is 1. The van der Waals surface area contributed by atoms with E-state index in [2.05, 4.69) is 19.3 Å². The van der Waals surface area contributed by atoms with Crippen LogP contribution in [0.1, 0.15) is 11.3 Å². The summed E-state index contributed by atoms with van der Waals surface area (Å²) in [5, 5.41) is 0.960. The molecule has 3 aromatic heterocycles. The van der Waals surface area contributed by atoms with Crippen LogP contribution in [-0.4, -0.2) is 33.4 Å². The van der Waals surface area contributed by atoms with Gasteiger partial charge in [-0.15, -0.1) is 0 Å². The number of H-pyrrole nitrogens is 1. The summed E-state index contributed by atoms with van der Waals surface area (Å²) in [6, 6.07) is 13.5. The lowest BCUT2D eigenvalue weighted by Crippen LogP contribution is -2.23. The smallest absolute Gasteiger partial charge is 0.252 e. The summed E-state index contributed by atoms with van der Waals surface area (Å²) in [6.45, 7) is 1.24. The number of benzene rings is 1. The van der Waals surface area contributed by atoms with Crippen molar-refractivity contribution >= 4 is 16.6 Å². The van der Waals surface area contributed by atoms with Crippen molar-refractivity contribution in [3.63, 3.8) is 0 Å². The number of nitrogens with one attached hydrogen (secondary N) is 1. The Morgan fingerprint density at radius 2 is 2.08 bits per heavy atom. The lowest BCUT2D eigenvalue weighted by atomic mass is 10.1. The van der Waals surface area contributed by atoms with Crippen LogP contribution in [0.5, 0.6) is 5.75 Å². The molecule has 3 heterocycles. The first-order valence-electron chi connectivity index (χ1n) is 8.43. The van der Waals surface area contributed by atoms with E-state index in [9.17, 15) is 4.79 Å². The van der Waals surface area contributed by atoms with Gasteiger partial charge in [-0.2, -0.15) is 0 Å². The van der Waals surface area contributed by atoms with E-state index in [1.165, 1.54) is 0 Å². The Morgan fingerprint density at radius 3 is 2.92 bits per heavy atom. The first kappa shape index (κ1) is 16.4. The maximum Gasteiger partial charge on any atom is 0.252 e. The molecule has 0 aliphatic carbocycles. The fraction of sp³-hybridized carbons (Fsp3) is 0.200. The van der Waals surface area contributed by atoms with Crippen molar-refractivity contribution < 1.29 is 4.74 Å². The molecule has 0 saturated carbocycles. The van der Waals surface area contributed by atoms with Crippen molar-refractivity contribution in [2.75, 3.05) is 14.2 Å². The molecule has 6 nitrogen and oxygen atoms in total. The number of aromatic amines is 1. The summed E-state index contributed by atoms with van der Waals surface area (Å²) >= 11 is 0. The van der Waals surface area contributed by atoms with Gasteiger partial charge in [0, 0.05) is 35.8 Å². The first-order chi connectivity index (χ1) is 12.6. The third-order valence-electron chi connectivity index (χ3n) is 4.49. The number of pyridine rings is 2. The van der Waals surface area contributed by atoms with Crippen LogP contribution in [0.2, 0.25) is 0 Å². The molecule has 0 amide bonds. The summed E-state index contributed by atoms with van der Waals surface area (Å²) in [7, 11) is 3.63. The van der Waals surface area contributed by atoms with Gasteiger partial charge in [-0.05, 0) is 43.4 Å². The van der Waals surface area contributed by atoms with Gasteiger partial charge in [-0.1, -0.05) is 6.07 Å². The number of aromatic nitrogens is 3. The Kier molecular flexibility index (Phi) is 4.18. The van der Waals surface area contributed by atoms with Gasteiger partial charge in [0.25, 0.3) is 5.56 Å². The molecule has 0 fully saturated rings. The molecular weight excluding hydrogens is 328 g/mol. The fourth-order valence-electron chi connectivity index (χ4n) is 3.20. The highest BCUT2D eigenvalue weighted by Crippen LogP contribution is 2.19. The average molecular weight is 348 g/mol. The largest absolute Gasteiger partial charge is 0.497 e. The normalized spacial score (nSPS) is 11.5. The molecule has 1 N–H and O–H groups in total. The minimum Gasteiger partial charge on any atom is -0.497 e. The topological polar surface area (TPSA) is 62.6 Å². The maximum absolute atomic E-state index is 12.4. The van der Waals surface area contributed by atoms with Crippen LogP contribution >= 0.6 is 0 Å². The summed E-state index contributed by atoms with van der Waals surface area (Å²) in [6.07, 6.45) is 3.88. The van der Waals surface area contributed by atoms with E-state index >= 15 is 0 Å². The van der Waals surface area contributed by atoms with E-state index in [1.54, 1.807) is 7.11 Å². The molecule has 4 rings (SSSR count). The minimum absolute atomic E-state index is 0.0624. The molecule has 0 radical (unpaired) electrons. The number of fused-ring (bicyclic) bond motifs is 2. The number of hydrogen-bond donors (Lipinski definition) is 1. The third-order valence-corrected chi connectivity index (χ3v) is 4.49. The van der Waals surface area contributed by atoms with Gasteiger partial charge in [-0.25, -0.2) is 4.98 Å². The molecule has 0 aliphatic heterocycles. The predicted octanol–water partition coefficient (Wildman–Crippen LogP) is 2.82. The van der Waals surface area contributed by atoms with Crippen LogP contribution in [0.4, 0.5) is 0 Å². The van der Waals surface area contributed by atoms with Crippen molar-refractivity contribution in [2.24, 2.45) is 0 Å². The van der Waals surface area contributed by atoms with Gasteiger partial charge in [0.1, 0.15) is 11.4 Å². The number of methoxy groups -OCH3 is 1. The van der Waals surface area contributed by atoms with E-state index < -0.39 is 0 Å². The van der Waals surface area contributed by atoms with Gasteiger partial charge in [0.2, 0.25) is 0 Å². The Balaban J connectivity index is 1.59. The predicted molar refractivity (Wildman–Crippen MR) is 101 cm³/mol. The molecule has 0 saturated heterocycles. The van der Waals surface area contributed by atoms with E-state index in [1.807, 2.05) is 61.9 Å². The summed E-state index contributed by atoms with van der Waals surface area (Å²) in [5.74, 6) is 0.773. The molecule has 1 aromatic carbocycles. The molecule has 0 spiro atoms. The van der Waals surface area contributed by atoms with Crippen molar-refractivity contribution in [3.05, 3.63) is 76.5 Å². The molecular formula is C20H20N4O2. The highest BCUT2D eigenvalue weighted by molar-refractivity contribution is 5.80. The van der Waals surface area contributed by atoms with Gasteiger partial charge in [-0.3, -0.25) is 9.69 Å². The molecule has 0 aliphatic rings. The zero-order chi connectivity index (χ0) is 18.1. The average Bonchev–Trinajstić information content (AvgIpc) is 3.05.